The van der Waals surface area contributed by atoms with Crippen LogP contribution in [0.3, 0.4) is 0 Å². The van der Waals surface area contributed by atoms with Crippen molar-refractivity contribution in [1.82, 2.24) is 4.98 Å². The van der Waals surface area contributed by atoms with Crippen molar-refractivity contribution in [3.63, 3.8) is 0 Å². The van der Waals surface area contributed by atoms with Gasteiger partial charge in [0.15, 0.2) is 0 Å². The van der Waals surface area contributed by atoms with Crippen LogP contribution in [-0.4, -0.2) is 18.0 Å². The number of carbonyl (C=O) groups is 1. The number of nitrogens with zero attached hydrogens (tertiary/aromatic N) is 2. The Morgan fingerprint density at radius 3 is 2.79 bits per heavy atom. The summed E-state index contributed by atoms with van der Waals surface area (Å²) in [7, 11) is 1.55. The third-order valence-corrected chi connectivity index (χ3v) is 4.42. The largest absolute Gasteiger partial charge is 0.495 e. The number of rotatable bonds is 5. The molecule has 1 heterocycles. The highest BCUT2D eigenvalue weighted by Crippen LogP contribution is 2.32. The number of amides is 1. The first kappa shape index (κ1) is 19.2. The summed E-state index contributed by atoms with van der Waals surface area (Å²) < 4.78 is 5.35. The third-order valence-electron chi connectivity index (χ3n) is 4.02. The maximum absolute atomic E-state index is 12.5. The highest BCUT2D eigenvalue weighted by atomic mass is 35.5. The van der Waals surface area contributed by atoms with Crippen molar-refractivity contribution in [2.75, 3.05) is 17.7 Å². The van der Waals surface area contributed by atoms with Gasteiger partial charge >= 0.3 is 0 Å². The fourth-order valence-electron chi connectivity index (χ4n) is 2.58. The molecule has 0 radical (unpaired) electrons. The lowest BCUT2D eigenvalue weighted by Crippen LogP contribution is -2.12. The summed E-state index contributed by atoms with van der Waals surface area (Å²) >= 11 is 6.14. The van der Waals surface area contributed by atoms with E-state index in [0.29, 0.717) is 39.1 Å². The molecule has 0 saturated heterocycles. The predicted octanol–water partition coefficient (Wildman–Crippen LogP) is 4.92. The summed E-state index contributed by atoms with van der Waals surface area (Å²) in [5.41, 5.74) is 3.02. The summed E-state index contributed by atoms with van der Waals surface area (Å²) in [5, 5.41) is 15.5. The number of pyridine rings is 1. The molecule has 0 atom stereocenters. The number of nitriles is 1. The van der Waals surface area contributed by atoms with Crippen LogP contribution in [0.5, 0.6) is 5.75 Å². The quantitative estimate of drug-likeness (QED) is 0.643. The Labute approximate surface area is 167 Å². The number of ether oxygens (including phenoxy) is 1. The van der Waals surface area contributed by atoms with Crippen LogP contribution < -0.4 is 15.4 Å². The normalized spacial score (nSPS) is 10.1. The first-order chi connectivity index (χ1) is 13.5. The van der Waals surface area contributed by atoms with Gasteiger partial charge in [0.1, 0.15) is 11.6 Å². The van der Waals surface area contributed by atoms with Crippen molar-refractivity contribution in [1.29, 1.82) is 5.26 Å². The molecule has 0 aliphatic heterocycles. The van der Waals surface area contributed by atoms with Gasteiger partial charge in [0.25, 0.3) is 5.91 Å². The van der Waals surface area contributed by atoms with Crippen molar-refractivity contribution in [3.8, 4) is 11.8 Å². The van der Waals surface area contributed by atoms with Gasteiger partial charge in [-0.2, -0.15) is 5.26 Å². The van der Waals surface area contributed by atoms with Gasteiger partial charge in [0, 0.05) is 28.5 Å². The highest BCUT2D eigenvalue weighted by Gasteiger charge is 2.11. The van der Waals surface area contributed by atoms with Crippen LogP contribution >= 0.6 is 11.6 Å². The summed E-state index contributed by atoms with van der Waals surface area (Å²) in [6, 6.07) is 15.6. The van der Waals surface area contributed by atoms with Crippen LogP contribution in [0, 0.1) is 18.3 Å². The zero-order valence-electron chi connectivity index (χ0n) is 15.3. The minimum absolute atomic E-state index is 0.306. The van der Waals surface area contributed by atoms with Crippen molar-refractivity contribution in [3.05, 3.63) is 76.4 Å². The van der Waals surface area contributed by atoms with E-state index in [0.717, 1.165) is 5.56 Å². The molecule has 3 aromatic rings. The minimum atomic E-state index is -0.306. The van der Waals surface area contributed by atoms with Gasteiger partial charge in [-0.25, -0.2) is 4.98 Å². The number of aromatic nitrogens is 1. The monoisotopic (exact) mass is 392 g/mol. The molecule has 2 aromatic carbocycles. The van der Waals surface area contributed by atoms with E-state index in [4.69, 9.17) is 21.6 Å². The molecule has 28 heavy (non-hydrogen) atoms. The van der Waals surface area contributed by atoms with Crippen LogP contribution in [0.15, 0.2) is 54.7 Å². The Morgan fingerprint density at radius 1 is 1.21 bits per heavy atom. The summed E-state index contributed by atoms with van der Waals surface area (Å²) in [6.07, 6.45) is 1.54. The third kappa shape index (κ3) is 4.40. The average molecular weight is 393 g/mol. The van der Waals surface area contributed by atoms with E-state index in [1.807, 2.05) is 19.1 Å². The van der Waals surface area contributed by atoms with Gasteiger partial charge in [0.05, 0.1) is 24.4 Å². The Hall–Kier alpha value is -3.56. The van der Waals surface area contributed by atoms with E-state index < -0.39 is 0 Å². The van der Waals surface area contributed by atoms with Gasteiger partial charge in [-0.05, 0) is 48.9 Å². The van der Waals surface area contributed by atoms with E-state index in [-0.39, 0.29) is 5.91 Å². The van der Waals surface area contributed by atoms with Crippen molar-refractivity contribution in [2.24, 2.45) is 0 Å². The second kappa shape index (κ2) is 8.42. The fourth-order valence-corrected chi connectivity index (χ4v) is 2.73. The summed E-state index contributed by atoms with van der Waals surface area (Å²) in [6.45, 7) is 1.89. The van der Waals surface area contributed by atoms with E-state index in [1.165, 1.54) is 6.20 Å². The first-order valence-electron chi connectivity index (χ1n) is 8.39. The molecule has 140 valence electrons. The summed E-state index contributed by atoms with van der Waals surface area (Å²) in [5.74, 6) is 0.749. The number of methoxy groups -OCH3 is 1. The lowest BCUT2D eigenvalue weighted by Gasteiger charge is -2.13. The molecule has 0 unspecified atom stereocenters. The average Bonchev–Trinajstić information content (AvgIpc) is 2.71. The second-order valence-electron chi connectivity index (χ2n) is 6.00. The molecule has 1 amide bonds. The maximum atomic E-state index is 12.5. The van der Waals surface area contributed by atoms with Crippen molar-refractivity contribution in [2.45, 2.75) is 6.92 Å². The first-order valence-corrected chi connectivity index (χ1v) is 8.76. The van der Waals surface area contributed by atoms with E-state index >= 15 is 0 Å². The molecule has 6 nitrogen and oxygen atoms in total. The van der Waals surface area contributed by atoms with Crippen LogP contribution in [0.1, 0.15) is 21.5 Å². The maximum Gasteiger partial charge on any atom is 0.255 e. The van der Waals surface area contributed by atoms with Crippen LogP contribution in [0.2, 0.25) is 5.02 Å². The zero-order chi connectivity index (χ0) is 20.1. The molecule has 0 bridgehead atoms. The number of nitrogens with one attached hydrogen (secondary N) is 2. The topological polar surface area (TPSA) is 87.0 Å². The molecule has 1 aromatic heterocycles. The number of benzene rings is 2. The standard InChI is InChI=1S/C21H17ClN4O2/c1-13-8-18(19(28-2)11-17(13)22)26-20-10-15(6-7-24-20)21(27)25-16-5-3-4-14(9-16)12-23/h3-11H,1-2H3,(H,24,26)(H,25,27). The lowest BCUT2D eigenvalue weighted by atomic mass is 10.2. The lowest BCUT2D eigenvalue weighted by molar-refractivity contribution is 0.102. The number of hydrogen-bond donors (Lipinski definition) is 2. The van der Waals surface area contributed by atoms with Crippen molar-refractivity contribution >= 4 is 34.7 Å². The van der Waals surface area contributed by atoms with E-state index in [2.05, 4.69) is 15.6 Å². The van der Waals surface area contributed by atoms with Crippen LogP contribution in [-0.2, 0) is 0 Å². The van der Waals surface area contributed by atoms with Crippen molar-refractivity contribution < 1.29 is 9.53 Å². The molecule has 0 saturated carbocycles. The van der Waals surface area contributed by atoms with Gasteiger partial charge in [0.2, 0.25) is 0 Å². The Morgan fingerprint density at radius 2 is 2.04 bits per heavy atom. The molecule has 2 N–H and O–H groups in total. The Kier molecular flexibility index (Phi) is 5.78. The van der Waals surface area contributed by atoms with Crippen LogP contribution in [0.4, 0.5) is 17.2 Å². The molecule has 0 aliphatic rings. The predicted molar refractivity (Wildman–Crippen MR) is 109 cm³/mol. The molecular weight excluding hydrogens is 376 g/mol. The minimum Gasteiger partial charge on any atom is -0.495 e. The summed E-state index contributed by atoms with van der Waals surface area (Å²) in [4.78, 5) is 16.8. The second-order valence-corrected chi connectivity index (χ2v) is 6.41. The molecule has 0 fully saturated rings. The van der Waals surface area contributed by atoms with Gasteiger partial charge in [-0.1, -0.05) is 17.7 Å². The van der Waals surface area contributed by atoms with E-state index in [9.17, 15) is 4.79 Å². The highest BCUT2D eigenvalue weighted by molar-refractivity contribution is 6.31. The number of carbonyl (C=O) groups excluding carboxylic acids is 1. The number of anilines is 3. The van der Waals surface area contributed by atoms with Gasteiger partial charge in [-0.3, -0.25) is 4.79 Å². The number of hydrogen-bond acceptors (Lipinski definition) is 5. The smallest absolute Gasteiger partial charge is 0.255 e. The SMILES string of the molecule is COc1cc(Cl)c(C)cc1Nc1cc(C(=O)Nc2cccc(C#N)c2)ccn1. The molecule has 0 aliphatic carbocycles. The Balaban J connectivity index is 1.81. The Bertz CT molecular complexity index is 1080. The number of aryl methyl sites for hydroxylation is 1. The molecule has 3 rings (SSSR count). The van der Waals surface area contributed by atoms with Gasteiger partial charge < -0.3 is 15.4 Å². The molecule has 7 heteroatoms. The number of halogens is 1. The van der Waals surface area contributed by atoms with E-state index in [1.54, 1.807) is 49.6 Å². The fraction of sp³-hybridized carbons (Fsp3) is 0.0952. The molecule has 0 spiro atoms. The molecular formula is C21H17ClN4O2. The zero-order valence-corrected chi connectivity index (χ0v) is 16.0. The van der Waals surface area contributed by atoms with Crippen LogP contribution in [0.25, 0.3) is 0 Å². The van der Waals surface area contributed by atoms with Gasteiger partial charge in [-0.15, -0.1) is 0 Å².